The van der Waals surface area contributed by atoms with Gasteiger partial charge in [0.2, 0.25) is 5.91 Å². The maximum Gasteiger partial charge on any atom is 0.240 e. The molecule has 0 aliphatic heterocycles. The Kier molecular flexibility index (Phi) is 6.79. The van der Waals surface area contributed by atoms with Gasteiger partial charge in [-0.15, -0.1) is 11.3 Å². The molecule has 2 aromatic carbocycles. The Morgan fingerprint density at radius 2 is 2.03 bits per heavy atom. The molecule has 29 heavy (non-hydrogen) atoms. The summed E-state index contributed by atoms with van der Waals surface area (Å²) in [5, 5.41) is 5.17. The van der Waals surface area contributed by atoms with Crippen LogP contribution in [0.25, 0.3) is 11.3 Å². The van der Waals surface area contributed by atoms with E-state index in [2.05, 4.69) is 10.3 Å². The number of halogens is 1. The predicted molar refractivity (Wildman–Crippen MR) is 112 cm³/mol. The van der Waals surface area contributed by atoms with Crippen LogP contribution in [0.5, 0.6) is 11.5 Å². The molecule has 0 spiro atoms. The number of nitrogens with zero attached hydrogens (tertiary/aromatic N) is 2. The molecular formula is C21H22FN3O3S. The number of aromatic nitrogens is 1. The van der Waals surface area contributed by atoms with Crippen molar-refractivity contribution in [3.05, 3.63) is 59.2 Å². The molecule has 0 unspecified atom stereocenters. The molecule has 0 saturated heterocycles. The average molecular weight is 415 g/mol. The van der Waals surface area contributed by atoms with Crippen LogP contribution in [0.3, 0.4) is 0 Å². The second kappa shape index (κ2) is 9.49. The summed E-state index contributed by atoms with van der Waals surface area (Å²) in [7, 11) is 4.98. The summed E-state index contributed by atoms with van der Waals surface area (Å²) in [6.07, 6.45) is 0. The molecule has 0 aliphatic carbocycles. The van der Waals surface area contributed by atoms with Crippen LogP contribution in [0.2, 0.25) is 0 Å². The van der Waals surface area contributed by atoms with Crippen molar-refractivity contribution in [2.24, 2.45) is 0 Å². The summed E-state index contributed by atoms with van der Waals surface area (Å²) in [5.41, 5.74) is 2.33. The highest BCUT2D eigenvalue weighted by Crippen LogP contribution is 2.34. The molecule has 0 fully saturated rings. The largest absolute Gasteiger partial charge is 0.497 e. The normalized spacial score (nSPS) is 10.8. The van der Waals surface area contributed by atoms with Gasteiger partial charge in [-0.3, -0.25) is 9.69 Å². The third-order valence-corrected chi connectivity index (χ3v) is 4.95. The summed E-state index contributed by atoms with van der Waals surface area (Å²) in [6, 6.07) is 11.8. The van der Waals surface area contributed by atoms with Crippen molar-refractivity contribution in [2.75, 3.05) is 33.1 Å². The van der Waals surface area contributed by atoms with E-state index < -0.39 is 0 Å². The molecule has 0 bridgehead atoms. The lowest BCUT2D eigenvalue weighted by atomic mass is 10.1. The number of carbonyl (C=O) groups excluding carboxylic acids is 1. The fraction of sp³-hybridized carbons (Fsp3) is 0.238. The van der Waals surface area contributed by atoms with Crippen molar-refractivity contribution in [1.82, 2.24) is 9.88 Å². The van der Waals surface area contributed by atoms with E-state index in [1.807, 2.05) is 28.5 Å². The van der Waals surface area contributed by atoms with Crippen LogP contribution in [0, 0.1) is 5.82 Å². The van der Waals surface area contributed by atoms with Crippen molar-refractivity contribution < 1.29 is 18.7 Å². The number of amides is 1. The summed E-state index contributed by atoms with van der Waals surface area (Å²) >= 11 is 1.34. The van der Waals surface area contributed by atoms with Gasteiger partial charge in [0.05, 0.1) is 26.5 Å². The summed E-state index contributed by atoms with van der Waals surface area (Å²) in [5.74, 6) is 0.856. The smallest absolute Gasteiger partial charge is 0.240 e. The standard InChI is InChI=1S/C21H22FN3O3S/c1-25(11-14-5-4-6-15(22)9-14)12-20(26)24-21-23-18(13-29-21)17-8-7-16(27-2)10-19(17)28-3/h4-10,13H,11-12H2,1-3H3,(H,23,24,26). The van der Waals surface area contributed by atoms with Crippen LogP contribution in [0.1, 0.15) is 5.56 Å². The van der Waals surface area contributed by atoms with Gasteiger partial charge in [0, 0.05) is 23.6 Å². The van der Waals surface area contributed by atoms with Crippen molar-refractivity contribution >= 4 is 22.4 Å². The average Bonchev–Trinajstić information content (AvgIpc) is 3.15. The highest BCUT2D eigenvalue weighted by molar-refractivity contribution is 7.14. The third kappa shape index (κ3) is 5.52. The summed E-state index contributed by atoms with van der Waals surface area (Å²) in [6.45, 7) is 0.634. The number of benzene rings is 2. The minimum Gasteiger partial charge on any atom is -0.497 e. The second-order valence-electron chi connectivity index (χ2n) is 6.45. The molecule has 0 saturated carbocycles. The Labute approximate surface area is 172 Å². The van der Waals surface area contributed by atoms with E-state index >= 15 is 0 Å². The molecule has 152 valence electrons. The zero-order valence-electron chi connectivity index (χ0n) is 16.4. The van der Waals surface area contributed by atoms with Gasteiger partial charge in [-0.05, 0) is 36.9 Å². The number of hydrogen-bond acceptors (Lipinski definition) is 6. The predicted octanol–water partition coefficient (Wildman–Crippen LogP) is 4.04. The monoisotopic (exact) mass is 415 g/mol. The molecule has 1 heterocycles. The first-order valence-corrected chi connectivity index (χ1v) is 9.77. The van der Waals surface area contributed by atoms with Crippen LogP contribution in [-0.2, 0) is 11.3 Å². The van der Waals surface area contributed by atoms with Gasteiger partial charge in [-0.2, -0.15) is 0 Å². The van der Waals surface area contributed by atoms with E-state index in [1.165, 1.54) is 23.5 Å². The molecule has 1 amide bonds. The fourth-order valence-corrected chi connectivity index (χ4v) is 3.60. The number of likely N-dealkylation sites (N-methyl/N-ethyl adjacent to an activating group) is 1. The lowest BCUT2D eigenvalue weighted by Crippen LogP contribution is -2.29. The van der Waals surface area contributed by atoms with Crippen molar-refractivity contribution in [3.63, 3.8) is 0 Å². The number of ether oxygens (including phenoxy) is 2. The van der Waals surface area contributed by atoms with Gasteiger partial charge in [0.25, 0.3) is 0 Å². The molecule has 0 radical (unpaired) electrons. The van der Waals surface area contributed by atoms with Gasteiger partial charge in [0.15, 0.2) is 5.13 Å². The SMILES string of the molecule is COc1ccc(-c2csc(NC(=O)CN(C)Cc3cccc(F)c3)n2)c(OC)c1. The van der Waals surface area contributed by atoms with E-state index in [1.54, 1.807) is 33.4 Å². The van der Waals surface area contributed by atoms with Crippen molar-refractivity contribution in [3.8, 4) is 22.8 Å². The van der Waals surface area contributed by atoms with Crippen molar-refractivity contribution in [2.45, 2.75) is 6.54 Å². The Bertz CT molecular complexity index is 993. The first kappa shape index (κ1) is 20.8. The number of hydrogen-bond donors (Lipinski definition) is 1. The first-order chi connectivity index (χ1) is 14.0. The highest BCUT2D eigenvalue weighted by atomic mass is 32.1. The molecule has 3 rings (SSSR count). The van der Waals surface area contributed by atoms with Gasteiger partial charge < -0.3 is 14.8 Å². The first-order valence-electron chi connectivity index (χ1n) is 8.89. The van der Waals surface area contributed by atoms with Crippen LogP contribution < -0.4 is 14.8 Å². The van der Waals surface area contributed by atoms with Crippen LogP contribution in [0.15, 0.2) is 47.8 Å². The van der Waals surface area contributed by atoms with Crippen LogP contribution in [0.4, 0.5) is 9.52 Å². The number of nitrogens with one attached hydrogen (secondary N) is 1. The lowest BCUT2D eigenvalue weighted by Gasteiger charge is -2.15. The van der Waals surface area contributed by atoms with E-state index in [-0.39, 0.29) is 18.3 Å². The van der Waals surface area contributed by atoms with Crippen molar-refractivity contribution in [1.29, 1.82) is 0 Å². The molecule has 0 aliphatic rings. The maximum absolute atomic E-state index is 13.3. The number of methoxy groups -OCH3 is 2. The molecule has 8 heteroatoms. The Hall–Kier alpha value is -2.97. The molecule has 3 aromatic rings. The Balaban J connectivity index is 1.62. The zero-order valence-corrected chi connectivity index (χ0v) is 17.3. The second-order valence-corrected chi connectivity index (χ2v) is 7.31. The van der Waals surface area contributed by atoms with Gasteiger partial charge in [-0.1, -0.05) is 12.1 Å². The van der Waals surface area contributed by atoms with E-state index in [9.17, 15) is 9.18 Å². The number of rotatable bonds is 8. The van der Waals surface area contributed by atoms with Gasteiger partial charge >= 0.3 is 0 Å². The quantitative estimate of drug-likeness (QED) is 0.602. The zero-order chi connectivity index (χ0) is 20.8. The van der Waals surface area contributed by atoms with Crippen LogP contribution >= 0.6 is 11.3 Å². The Morgan fingerprint density at radius 1 is 1.21 bits per heavy atom. The van der Waals surface area contributed by atoms with E-state index in [0.717, 1.165) is 11.1 Å². The fourth-order valence-electron chi connectivity index (χ4n) is 2.87. The highest BCUT2D eigenvalue weighted by Gasteiger charge is 2.14. The van der Waals surface area contributed by atoms with Gasteiger partial charge in [-0.25, -0.2) is 9.37 Å². The third-order valence-electron chi connectivity index (χ3n) is 4.19. The van der Waals surface area contributed by atoms with Crippen LogP contribution in [-0.4, -0.2) is 43.6 Å². The molecule has 1 aromatic heterocycles. The van der Waals surface area contributed by atoms with Gasteiger partial charge in [0.1, 0.15) is 17.3 Å². The topological polar surface area (TPSA) is 63.7 Å². The maximum atomic E-state index is 13.3. The number of thiazole rings is 1. The number of carbonyl (C=O) groups is 1. The Morgan fingerprint density at radius 3 is 2.76 bits per heavy atom. The lowest BCUT2D eigenvalue weighted by molar-refractivity contribution is -0.117. The molecule has 0 atom stereocenters. The van der Waals surface area contributed by atoms with E-state index in [0.29, 0.717) is 28.9 Å². The minimum absolute atomic E-state index is 0.164. The minimum atomic E-state index is -0.287. The summed E-state index contributed by atoms with van der Waals surface area (Å²) in [4.78, 5) is 18.6. The van der Waals surface area contributed by atoms with E-state index in [4.69, 9.17) is 9.47 Å². The number of anilines is 1. The molecule has 1 N–H and O–H groups in total. The molecular weight excluding hydrogens is 393 g/mol. The summed E-state index contributed by atoms with van der Waals surface area (Å²) < 4.78 is 23.9. The molecule has 6 nitrogen and oxygen atoms in total.